The maximum absolute atomic E-state index is 11.3. The molecule has 1 aromatic heterocycles. The molecule has 0 saturated heterocycles. The molecule has 1 aliphatic carbocycles. The second kappa shape index (κ2) is 3.19. The molecule has 3 rings (SSSR count). The number of nitrogens with zero attached hydrogens (tertiary/aromatic N) is 1. The van der Waals surface area contributed by atoms with E-state index >= 15 is 0 Å². The van der Waals surface area contributed by atoms with Crippen LogP contribution in [0.25, 0.3) is 10.9 Å². The zero-order valence-electron chi connectivity index (χ0n) is 8.36. The maximum atomic E-state index is 11.3. The molecule has 0 aliphatic heterocycles. The van der Waals surface area contributed by atoms with Crippen molar-refractivity contribution in [1.82, 2.24) is 9.97 Å². The first-order valence-electron chi connectivity index (χ1n) is 5.31. The molecule has 1 fully saturated rings. The molecule has 1 heterocycles. The van der Waals surface area contributed by atoms with Gasteiger partial charge in [0, 0.05) is 5.39 Å². The highest BCUT2D eigenvalue weighted by Crippen LogP contribution is 2.33. The van der Waals surface area contributed by atoms with Gasteiger partial charge in [-0.2, -0.15) is 4.98 Å². The van der Waals surface area contributed by atoms with Gasteiger partial charge in [-0.25, -0.2) is 4.79 Å². The van der Waals surface area contributed by atoms with Gasteiger partial charge in [0.15, 0.2) is 0 Å². The molecule has 0 radical (unpaired) electrons. The lowest BCUT2D eigenvalue weighted by Crippen LogP contribution is -2.13. The highest BCUT2D eigenvalue weighted by atomic mass is 16.1. The SMILES string of the molecule is O=c1nc(CC2CC2)c2ccccc2[nH]1. The fourth-order valence-electron chi connectivity index (χ4n) is 1.92. The number of hydrogen-bond donors (Lipinski definition) is 1. The van der Waals surface area contributed by atoms with Gasteiger partial charge in [-0.05, 0) is 31.2 Å². The topological polar surface area (TPSA) is 45.8 Å². The summed E-state index contributed by atoms with van der Waals surface area (Å²) >= 11 is 0. The van der Waals surface area contributed by atoms with E-state index in [2.05, 4.69) is 9.97 Å². The Morgan fingerprint density at radius 2 is 2.13 bits per heavy atom. The van der Waals surface area contributed by atoms with Crippen LogP contribution in [0.1, 0.15) is 18.5 Å². The summed E-state index contributed by atoms with van der Waals surface area (Å²) in [5, 5.41) is 1.09. The predicted octanol–water partition coefficient (Wildman–Crippen LogP) is 1.88. The van der Waals surface area contributed by atoms with Gasteiger partial charge in [0.1, 0.15) is 0 Å². The lowest BCUT2D eigenvalue weighted by atomic mass is 10.1. The quantitative estimate of drug-likeness (QED) is 0.804. The van der Waals surface area contributed by atoms with Crippen LogP contribution in [-0.4, -0.2) is 9.97 Å². The molecule has 1 N–H and O–H groups in total. The number of fused-ring (bicyclic) bond motifs is 1. The highest BCUT2D eigenvalue weighted by molar-refractivity contribution is 5.80. The van der Waals surface area contributed by atoms with Gasteiger partial charge >= 0.3 is 5.69 Å². The lowest BCUT2D eigenvalue weighted by Gasteiger charge is -2.03. The highest BCUT2D eigenvalue weighted by Gasteiger charge is 2.23. The van der Waals surface area contributed by atoms with Gasteiger partial charge in [-0.15, -0.1) is 0 Å². The number of nitrogens with one attached hydrogen (secondary N) is 1. The van der Waals surface area contributed by atoms with Crippen LogP contribution < -0.4 is 5.69 Å². The van der Waals surface area contributed by atoms with E-state index < -0.39 is 0 Å². The van der Waals surface area contributed by atoms with Crippen LogP contribution in [0.2, 0.25) is 0 Å². The number of hydrogen-bond acceptors (Lipinski definition) is 2. The standard InChI is InChI=1S/C12H12N2O/c15-12-13-10-4-2-1-3-9(10)11(14-12)7-8-5-6-8/h1-4,8H,5-7H2,(H,13,14,15). The van der Waals surface area contributed by atoms with E-state index in [1.54, 1.807) is 0 Å². The third-order valence-electron chi connectivity index (χ3n) is 2.90. The number of para-hydroxylation sites is 1. The van der Waals surface area contributed by atoms with E-state index in [0.29, 0.717) is 0 Å². The third-order valence-corrected chi connectivity index (χ3v) is 2.90. The molecule has 1 aromatic carbocycles. The Morgan fingerprint density at radius 1 is 1.33 bits per heavy atom. The Bertz CT molecular complexity index is 555. The predicted molar refractivity (Wildman–Crippen MR) is 58.8 cm³/mol. The van der Waals surface area contributed by atoms with Crippen molar-refractivity contribution in [3.63, 3.8) is 0 Å². The molecule has 0 bridgehead atoms. The fourth-order valence-corrected chi connectivity index (χ4v) is 1.92. The second-order valence-electron chi connectivity index (χ2n) is 4.18. The normalized spacial score (nSPS) is 15.7. The van der Waals surface area contributed by atoms with Gasteiger partial charge in [-0.3, -0.25) is 0 Å². The first-order valence-corrected chi connectivity index (χ1v) is 5.31. The molecule has 0 atom stereocenters. The number of aromatic nitrogens is 2. The molecular weight excluding hydrogens is 188 g/mol. The fraction of sp³-hybridized carbons (Fsp3) is 0.333. The van der Waals surface area contributed by atoms with E-state index in [4.69, 9.17) is 0 Å². The Labute approximate surface area is 87.2 Å². The van der Waals surface area contributed by atoms with Crippen molar-refractivity contribution < 1.29 is 0 Å². The first-order chi connectivity index (χ1) is 7.33. The van der Waals surface area contributed by atoms with Crippen LogP contribution in [-0.2, 0) is 6.42 Å². The van der Waals surface area contributed by atoms with Crippen molar-refractivity contribution in [3.05, 3.63) is 40.4 Å². The van der Waals surface area contributed by atoms with E-state index in [1.165, 1.54) is 12.8 Å². The summed E-state index contributed by atoms with van der Waals surface area (Å²) < 4.78 is 0. The summed E-state index contributed by atoms with van der Waals surface area (Å²) in [7, 11) is 0. The first kappa shape index (κ1) is 8.65. The molecular formula is C12H12N2O. The van der Waals surface area contributed by atoms with Crippen molar-refractivity contribution in [2.45, 2.75) is 19.3 Å². The van der Waals surface area contributed by atoms with Crippen LogP contribution >= 0.6 is 0 Å². The molecule has 0 spiro atoms. The van der Waals surface area contributed by atoms with Crippen molar-refractivity contribution in [2.75, 3.05) is 0 Å². The summed E-state index contributed by atoms with van der Waals surface area (Å²) in [5.41, 5.74) is 1.62. The molecule has 0 unspecified atom stereocenters. The van der Waals surface area contributed by atoms with Crippen molar-refractivity contribution >= 4 is 10.9 Å². The zero-order valence-corrected chi connectivity index (χ0v) is 8.36. The zero-order chi connectivity index (χ0) is 10.3. The molecule has 1 aliphatic rings. The Kier molecular flexibility index (Phi) is 1.84. The van der Waals surface area contributed by atoms with E-state index in [1.807, 2.05) is 24.3 Å². The lowest BCUT2D eigenvalue weighted by molar-refractivity contribution is 0.802. The molecule has 1 saturated carbocycles. The molecule has 3 heteroatoms. The summed E-state index contributed by atoms with van der Waals surface area (Å²) in [6.45, 7) is 0. The number of rotatable bonds is 2. The number of aromatic amines is 1. The van der Waals surface area contributed by atoms with E-state index in [0.717, 1.165) is 28.9 Å². The van der Waals surface area contributed by atoms with Crippen molar-refractivity contribution in [3.8, 4) is 0 Å². The minimum atomic E-state index is -0.232. The summed E-state index contributed by atoms with van der Waals surface area (Å²) in [5.74, 6) is 0.753. The summed E-state index contributed by atoms with van der Waals surface area (Å²) in [6.07, 6.45) is 3.51. The molecule has 2 aromatic rings. The molecule has 3 nitrogen and oxygen atoms in total. The smallest absolute Gasteiger partial charge is 0.305 e. The van der Waals surface area contributed by atoms with Gasteiger partial charge in [0.2, 0.25) is 0 Å². The van der Waals surface area contributed by atoms with Crippen LogP contribution in [0.5, 0.6) is 0 Å². The van der Waals surface area contributed by atoms with Crippen molar-refractivity contribution in [2.24, 2.45) is 5.92 Å². The van der Waals surface area contributed by atoms with Gasteiger partial charge in [0.05, 0.1) is 11.2 Å². The Morgan fingerprint density at radius 3 is 2.93 bits per heavy atom. The van der Waals surface area contributed by atoms with Crippen LogP contribution in [0.4, 0.5) is 0 Å². The minimum Gasteiger partial charge on any atom is -0.305 e. The Hall–Kier alpha value is -1.64. The van der Waals surface area contributed by atoms with E-state index in [-0.39, 0.29) is 5.69 Å². The number of benzene rings is 1. The molecule has 76 valence electrons. The largest absolute Gasteiger partial charge is 0.345 e. The molecule has 15 heavy (non-hydrogen) atoms. The van der Waals surface area contributed by atoms with Crippen LogP contribution in [0.15, 0.2) is 29.1 Å². The number of H-pyrrole nitrogens is 1. The van der Waals surface area contributed by atoms with Crippen LogP contribution in [0.3, 0.4) is 0 Å². The second-order valence-corrected chi connectivity index (χ2v) is 4.18. The maximum Gasteiger partial charge on any atom is 0.345 e. The Balaban J connectivity index is 2.20. The van der Waals surface area contributed by atoms with Crippen molar-refractivity contribution in [1.29, 1.82) is 0 Å². The van der Waals surface area contributed by atoms with Crippen LogP contribution in [0, 0.1) is 5.92 Å². The average Bonchev–Trinajstić information content (AvgIpc) is 3.01. The van der Waals surface area contributed by atoms with Gasteiger partial charge < -0.3 is 4.98 Å². The van der Waals surface area contributed by atoms with Gasteiger partial charge in [0.25, 0.3) is 0 Å². The summed E-state index contributed by atoms with van der Waals surface area (Å²) in [6, 6.07) is 7.86. The molecule has 0 amide bonds. The van der Waals surface area contributed by atoms with Gasteiger partial charge in [-0.1, -0.05) is 18.2 Å². The average molecular weight is 200 g/mol. The minimum absolute atomic E-state index is 0.232. The van der Waals surface area contributed by atoms with E-state index in [9.17, 15) is 4.79 Å². The summed E-state index contributed by atoms with van der Waals surface area (Å²) in [4.78, 5) is 18.2. The third kappa shape index (κ3) is 1.65. The monoisotopic (exact) mass is 200 g/mol.